The van der Waals surface area contributed by atoms with Crippen molar-refractivity contribution in [3.05, 3.63) is 84.1 Å². The number of pyridine rings is 1. The fourth-order valence-electron chi connectivity index (χ4n) is 3.08. The maximum Gasteiger partial charge on any atom is 0.260 e. The molecule has 1 aromatic heterocycles. The van der Waals surface area contributed by atoms with Crippen molar-refractivity contribution in [3.8, 4) is 17.0 Å². The quantitative estimate of drug-likeness (QED) is 0.734. The number of carbonyl (C=O) groups is 1. The van der Waals surface area contributed by atoms with Crippen LogP contribution in [0.5, 0.6) is 5.88 Å². The van der Waals surface area contributed by atoms with Gasteiger partial charge in [-0.2, -0.15) is 0 Å². The Balaban J connectivity index is 1.74. The van der Waals surface area contributed by atoms with E-state index in [2.05, 4.69) is 4.98 Å². The zero-order valence-corrected chi connectivity index (χ0v) is 13.8. The van der Waals surface area contributed by atoms with Gasteiger partial charge in [-0.15, -0.1) is 0 Å². The van der Waals surface area contributed by atoms with Gasteiger partial charge < -0.3 is 9.64 Å². The smallest absolute Gasteiger partial charge is 0.260 e. The maximum atomic E-state index is 13.2. The Morgan fingerprint density at radius 3 is 2.44 bits per heavy atom. The molecule has 2 heterocycles. The number of amides is 1. The second-order valence-corrected chi connectivity index (χ2v) is 5.97. The number of rotatable bonds is 3. The molecule has 0 fully saturated rings. The van der Waals surface area contributed by atoms with E-state index in [1.54, 1.807) is 6.20 Å². The summed E-state index contributed by atoms with van der Waals surface area (Å²) in [7, 11) is 0. The zero-order valence-electron chi connectivity index (χ0n) is 13.8. The van der Waals surface area contributed by atoms with Crippen LogP contribution in [0.3, 0.4) is 0 Å². The molecular formula is C21H18N2O2. The second kappa shape index (κ2) is 6.77. The van der Waals surface area contributed by atoms with Gasteiger partial charge in [0, 0.05) is 18.3 Å². The first-order valence-electron chi connectivity index (χ1n) is 8.33. The van der Waals surface area contributed by atoms with Gasteiger partial charge in [0.05, 0.1) is 6.54 Å². The van der Waals surface area contributed by atoms with Gasteiger partial charge in [-0.3, -0.25) is 4.79 Å². The molecule has 1 aliphatic rings. The summed E-state index contributed by atoms with van der Waals surface area (Å²) in [5.74, 6) is 0.380. The van der Waals surface area contributed by atoms with Crippen LogP contribution in [-0.4, -0.2) is 28.9 Å². The molecule has 4 heteroatoms. The predicted molar refractivity (Wildman–Crippen MR) is 96.4 cm³/mol. The Hall–Kier alpha value is -3.14. The van der Waals surface area contributed by atoms with Gasteiger partial charge in [0.2, 0.25) is 5.88 Å². The third-order valence-electron chi connectivity index (χ3n) is 4.32. The van der Waals surface area contributed by atoms with Gasteiger partial charge in [-0.25, -0.2) is 4.98 Å². The number of ether oxygens (including phenoxy) is 1. The van der Waals surface area contributed by atoms with E-state index in [1.807, 2.05) is 71.6 Å². The van der Waals surface area contributed by atoms with E-state index in [1.165, 1.54) is 0 Å². The van der Waals surface area contributed by atoms with E-state index >= 15 is 0 Å². The van der Waals surface area contributed by atoms with Crippen molar-refractivity contribution in [2.75, 3.05) is 13.2 Å². The van der Waals surface area contributed by atoms with E-state index in [9.17, 15) is 4.79 Å². The lowest BCUT2D eigenvalue weighted by Gasteiger charge is -2.21. The van der Waals surface area contributed by atoms with E-state index < -0.39 is 0 Å². The van der Waals surface area contributed by atoms with E-state index in [0.717, 1.165) is 16.7 Å². The van der Waals surface area contributed by atoms with Crippen LogP contribution in [0, 0.1) is 0 Å². The Bertz CT molecular complexity index is 879. The number of carbonyl (C=O) groups excluding carboxylic acids is 1. The summed E-state index contributed by atoms with van der Waals surface area (Å²) in [6.07, 6.45) is 1.70. The normalized spacial score (nSPS) is 13.8. The fraction of sp³-hybridized carbons (Fsp3) is 0.143. The van der Waals surface area contributed by atoms with Gasteiger partial charge in [0.1, 0.15) is 12.2 Å². The summed E-state index contributed by atoms with van der Waals surface area (Å²) in [5.41, 5.74) is 3.49. The number of hydrogen-bond acceptors (Lipinski definition) is 3. The number of aromatic nitrogens is 1. The molecule has 0 saturated carbocycles. The van der Waals surface area contributed by atoms with Gasteiger partial charge >= 0.3 is 0 Å². The van der Waals surface area contributed by atoms with E-state index in [4.69, 9.17) is 4.74 Å². The van der Waals surface area contributed by atoms with Crippen LogP contribution in [0.4, 0.5) is 0 Å². The Morgan fingerprint density at radius 1 is 0.960 bits per heavy atom. The standard InChI is InChI=1S/C21H18N2O2/c24-21-19-18(17-9-5-2-6-10-17)11-12-22-20(19)25-14-13-23(21)15-16-7-3-1-4-8-16/h1-12H,13-15H2. The number of fused-ring (bicyclic) bond motifs is 1. The molecule has 4 rings (SSSR count). The highest BCUT2D eigenvalue weighted by Crippen LogP contribution is 2.31. The number of hydrogen-bond donors (Lipinski definition) is 0. The maximum absolute atomic E-state index is 13.2. The molecule has 3 aromatic rings. The molecular weight excluding hydrogens is 312 g/mol. The van der Waals surface area contributed by atoms with Crippen LogP contribution in [0.1, 0.15) is 15.9 Å². The molecule has 0 unspecified atom stereocenters. The van der Waals surface area contributed by atoms with Gasteiger partial charge in [0.15, 0.2) is 0 Å². The van der Waals surface area contributed by atoms with E-state index in [-0.39, 0.29) is 5.91 Å². The highest BCUT2D eigenvalue weighted by Gasteiger charge is 2.27. The van der Waals surface area contributed by atoms with Gasteiger partial charge in [-0.05, 0) is 17.2 Å². The highest BCUT2D eigenvalue weighted by molar-refractivity contribution is 6.03. The van der Waals surface area contributed by atoms with Crippen LogP contribution in [0.25, 0.3) is 11.1 Å². The van der Waals surface area contributed by atoms with Crippen molar-refractivity contribution in [2.45, 2.75) is 6.54 Å². The second-order valence-electron chi connectivity index (χ2n) is 5.97. The zero-order chi connectivity index (χ0) is 17.1. The minimum absolute atomic E-state index is 0.0386. The van der Waals surface area contributed by atoms with Gasteiger partial charge in [0.25, 0.3) is 5.91 Å². The summed E-state index contributed by atoms with van der Waals surface area (Å²) >= 11 is 0. The molecule has 0 aliphatic carbocycles. The van der Waals surface area contributed by atoms with Crippen LogP contribution in [0.15, 0.2) is 72.9 Å². The molecule has 1 aliphatic heterocycles. The molecule has 0 N–H and O–H groups in total. The number of benzene rings is 2. The average Bonchev–Trinajstić information content (AvgIpc) is 2.83. The molecule has 0 spiro atoms. The third kappa shape index (κ3) is 3.11. The summed E-state index contributed by atoms with van der Waals surface area (Å²) in [6, 6.07) is 21.8. The SMILES string of the molecule is O=C1c2c(-c3ccccc3)ccnc2OCCN1Cc1ccccc1. The molecule has 0 bridgehead atoms. The van der Waals surface area contributed by atoms with Crippen molar-refractivity contribution < 1.29 is 9.53 Å². The third-order valence-corrected chi connectivity index (χ3v) is 4.32. The minimum Gasteiger partial charge on any atom is -0.475 e. The Labute approximate surface area is 146 Å². The summed E-state index contributed by atoms with van der Waals surface area (Å²) in [6.45, 7) is 1.54. The first-order chi connectivity index (χ1) is 12.3. The number of nitrogens with zero attached hydrogens (tertiary/aromatic N) is 2. The minimum atomic E-state index is -0.0386. The first-order valence-corrected chi connectivity index (χ1v) is 8.33. The first kappa shape index (κ1) is 15.4. The molecule has 0 radical (unpaired) electrons. The topological polar surface area (TPSA) is 42.4 Å². The Kier molecular flexibility index (Phi) is 4.17. The van der Waals surface area contributed by atoms with Crippen molar-refractivity contribution >= 4 is 5.91 Å². The van der Waals surface area contributed by atoms with Gasteiger partial charge in [-0.1, -0.05) is 60.7 Å². The lowest BCUT2D eigenvalue weighted by Crippen LogP contribution is -2.32. The molecule has 0 saturated heterocycles. The predicted octanol–water partition coefficient (Wildman–Crippen LogP) is 3.78. The Morgan fingerprint density at radius 2 is 1.68 bits per heavy atom. The fourth-order valence-corrected chi connectivity index (χ4v) is 3.08. The van der Waals surface area contributed by atoms with Crippen LogP contribution >= 0.6 is 0 Å². The molecule has 124 valence electrons. The van der Waals surface area contributed by atoms with Crippen molar-refractivity contribution in [1.82, 2.24) is 9.88 Å². The largest absolute Gasteiger partial charge is 0.475 e. The summed E-state index contributed by atoms with van der Waals surface area (Å²) < 4.78 is 5.78. The molecule has 1 amide bonds. The van der Waals surface area contributed by atoms with Crippen LogP contribution in [0.2, 0.25) is 0 Å². The molecule has 4 nitrogen and oxygen atoms in total. The molecule has 0 atom stereocenters. The molecule has 2 aromatic carbocycles. The lowest BCUT2D eigenvalue weighted by atomic mass is 10.0. The summed E-state index contributed by atoms with van der Waals surface area (Å²) in [5, 5.41) is 0. The van der Waals surface area contributed by atoms with Crippen LogP contribution < -0.4 is 4.74 Å². The highest BCUT2D eigenvalue weighted by atomic mass is 16.5. The lowest BCUT2D eigenvalue weighted by molar-refractivity contribution is 0.0743. The monoisotopic (exact) mass is 330 g/mol. The van der Waals surface area contributed by atoms with Crippen molar-refractivity contribution in [2.24, 2.45) is 0 Å². The summed E-state index contributed by atoms with van der Waals surface area (Å²) in [4.78, 5) is 19.4. The van der Waals surface area contributed by atoms with Crippen molar-refractivity contribution in [3.63, 3.8) is 0 Å². The average molecular weight is 330 g/mol. The van der Waals surface area contributed by atoms with Crippen molar-refractivity contribution in [1.29, 1.82) is 0 Å². The van der Waals surface area contributed by atoms with E-state index in [0.29, 0.717) is 31.1 Å². The van der Waals surface area contributed by atoms with Crippen LogP contribution in [-0.2, 0) is 6.54 Å². The molecule has 25 heavy (non-hydrogen) atoms.